The van der Waals surface area contributed by atoms with Gasteiger partial charge in [-0.25, -0.2) is 9.59 Å². The zero-order valence-corrected chi connectivity index (χ0v) is 28.4. The summed E-state index contributed by atoms with van der Waals surface area (Å²) in [5.41, 5.74) is 1.05. The minimum Gasteiger partial charge on any atom is -0.478 e. The first-order valence-corrected chi connectivity index (χ1v) is 17.5. The predicted molar refractivity (Wildman–Crippen MR) is 184 cm³/mol. The molecule has 0 aromatic heterocycles. The van der Waals surface area contributed by atoms with Crippen molar-refractivity contribution in [3.05, 3.63) is 71.3 Å². The van der Waals surface area contributed by atoms with E-state index >= 15 is 0 Å². The molecule has 47 heavy (non-hydrogen) atoms. The number of carbonyl (C=O) groups is 4. The molecule has 8 heteroatoms. The Kier molecular flexibility index (Phi) is 20.3. The lowest BCUT2D eigenvalue weighted by molar-refractivity contribution is -0.159. The van der Waals surface area contributed by atoms with Crippen molar-refractivity contribution in [3.8, 4) is 5.75 Å². The second-order valence-electron chi connectivity index (χ2n) is 12.0. The van der Waals surface area contributed by atoms with Crippen LogP contribution in [0.3, 0.4) is 0 Å². The van der Waals surface area contributed by atoms with Crippen LogP contribution >= 0.6 is 0 Å². The summed E-state index contributed by atoms with van der Waals surface area (Å²) < 4.78 is 16.3. The summed E-state index contributed by atoms with van der Waals surface area (Å²) >= 11 is 0. The Balaban J connectivity index is 1.92. The summed E-state index contributed by atoms with van der Waals surface area (Å²) in [5, 5.41) is 9.02. The van der Waals surface area contributed by atoms with E-state index < -0.39 is 29.8 Å². The van der Waals surface area contributed by atoms with Crippen LogP contribution in [0.1, 0.15) is 143 Å². The quantitative estimate of drug-likeness (QED) is 0.0489. The molecular weight excluding hydrogens is 596 g/mol. The molecule has 2 aromatic rings. The second-order valence-corrected chi connectivity index (χ2v) is 12.0. The maximum Gasteiger partial charge on any atom is 0.343 e. The molecule has 0 heterocycles. The van der Waals surface area contributed by atoms with Gasteiger partial charge in [0.05, 0.1) is 24.3 Å². The smallest absolute Gasteiger partial charge is 0.343 e. The van der Waals surface area contributed by atoms with E-state index in [0.29, 0.717) is 5.56 Å². The molecule has 0 amide bonds. The van der Waals surface area contributed by atoms with Gasteiger partial charge in [0, 0.05) is 0 Å². The Morgan fingerprint density at radius 3 is 1.47 bits per heavy atom. The van der Waals surface area contributed by atoms with Crippen molar-refractivity contribution in [2.45, 2.75) is 117 Å². The number of benzene rings is 2. The van der Waals surface area contributed by atoms with Crippen molar-refractivity contribution in [2.24, 2.45) is 5.92 Å². The third kappa shape index (κ3) is 17.0. The number of carboxylic acids is 1. The number of carboxylic acid groups (broad SMARTS) is 1. The van der Waals surface area contributed by atoms with Crippen LogP contribution in [0, 0.1) is 5.92 Å². The van der Waals surface area contributed by atoms with Gasteiger partial charge in [0.1, 0.15) is 5.75 Å². The largest absolute Gasteiger partial charge is 0.478 e. The van der Waals surface area contributed by atoms with Crippen molar-refractivity contribution < 1.29 is 38.5 Å². The summed E-state index contributed by atoms with van der Waals surface area (Å²) in [6, 6.07) is 12.0. The maximum atomic E-state index is 13.0. The number of carbonyl (C=O) groups excluding carboxylic acids is 3. The number of rotatable bonds is 25. The molecule has 258 valence electrons. The van der Waals surface area contributed by atoms with Crippen molar-refractivity contribution >= 4 is 30.0 Å². The highest BCUT2D eigenvalue weighted by molar-refractivity contribution is 5.98. The highest BCUT2D eigenvalue weighted by Crippen LogP contribution is 2.17. The predicted octanol–water partition coefficient (Wildman–Crippen LogP) is 9.60. The lowest BCUT2D eigenvalue weighted by atomic mass is 10.1. The van der Waals surface area contributed by atoms with Gasteiger partial charge in [0.2, 0.25) is 0 Å². The molecule has 2 aromatic carbocycles. The number of aromatic carboxylic acids is 1. The highest BCUT2D eigenvalue weighted by Gasteiger charge is 2.27. The number of unbranched alkanes of at least 4 members (excludes halogenated alkanes) is 14. The molecule has 0 aliphatic carbocycles. The lowest BCUT2D eigenvalue weighted by Crippen LogP contribution is -2.27. The molecule has 0 saturated carbocycles. The SMILES string of the molecule is CCCCCCCCCCOC(=O)C(C=Cc1ccc(C(=O)Oc2ccc(C(=O)O)cc2)cc1)C(=O)OCCCCCCCCCC. The summed E-state index contributed by atoms with van der Waals surface area (Å²) in [6.07, 6.45) is 21.1. The average Bonchev–Trinajstić information content (AvgIpc) is 3.07. The van der Waals surface area contributed by atoms with Gasteiger partial charge in [-0.3, -0.25) is 9.59 Å². The third-order valence-electron chi connectivity index (χ3n) is 7.93. The van der Waals surface area contributed by atoms with Crippen LogP contribution in [-0.2, 0) is 19.1 Å². The van der Waals surface area contributed by atoms with Crippen LogP contribution in [0.15, 0.2) is 54.6 Å². The molecule has 8 nitrogen and oxygen atoms in total. The van der Waals surface area contributed by atoms with E-state index in [1.165, 1.54) is 94.5 Å². The first-order valence-electron chi connectivity index (χ1n) is 17.5. The Hall–Kier alpha value is -3.94. The molecule has 0 unspecified atom stereocenters. The minimum atomic E-state index is -1.18. The zero-order valence-electron chi connectivity index (χ0n) is 28.4. The topological polar surface area (TPSA) is 116 Å². The number of esters is 3. The monoisotopic (exact) mass is 650 g/mol. The minimum absolute atomic E-state index is 0.0911. The average molecular weight is 651 g/mol. The van der Waals surface area contributed by atoms with Gasteiger partial charge in [0.15, 0.2) is 5.92 Å². The first-order chi connectivity index (χ1) is 22.8. The highest BCUT2D eigenvalue weighted by atomic mass is 16.6. The first kappa shape index (κ1) is 39.2. The van der Waals surface area contributed by atoms with Crippen LogP contribution in [-0.4, -0.2) is 42.2 Å². The van der Waals surface area contributed by atoms with Gasteiger partial charge in [-0.2, -0.15) is 0 Å². The Morgan fingerprint density at radius 1 is 0.596 bits per heavy atom. The molecule has 0 fully saturated rings. The molecule has 0 aliphatic heterocycles. The Labute approximate surface area is 280 Å². The molecule has 0 spiro atoms. The fourth-order valence-electron chi connectivity index (χ4n) is 5.02. The molecule has 0 aliphatic rings. The number of ether oxygens (including phenoxy) is 3. The van der Waals surface area contributed by atoms with Gasteiger partial charge >= 0.3 is 23.9 Å². The molecule has 0 bridgehead atoms. The number of hydrogen-bond acceptors (Lipinski definition) is 7. The second kappa shape index (κ2) is 24.3. The maximum absolute atomic E-state index is 13.0. The standard InChI is InChI=1S/C39H54O8/c1-3-5-7-9-11-13-15-17-29-45-38(43)35(39(44)46-30-18-16-14-12-10-8-6-4-2)28-21-31-19-22-33(23-20-31)37(42)47-34-26-24-32(25-27-34)36(40)41/h19-28,35H,3-18,29-30H2,1-2H3,(H,40,41). The van der Waals surface area contributed by atoms with E-state index in [0.717, 1.165) is 38.5 Å². The van der Waals surface area contributed by atoms with E-state index in [4.69, 9.17) is 19.3 Å². The Morgan fingerprint density at radius 2 is 1.02 bits per heavy atom. The van der Waals surface area contributed by atoms with Crippen molar-refractivity contribution in [3.63, 3.8) is 0 Å². The van der Waals surface area contributed by atoms with Crippen molar-refractivity contribution in [1.82, 2.24) is 0 Å². The lowest BCUT2D eigenvalue weighted by Gasteiger charge is -2.13. The van der Waals surface area contributed by atoms with E-state index in [2.05, 4.69) is 13.8 Å². The van der Waals surface area contributed by atoms with Crippen molar-refractivity contribution in [1.29, 1.82) is 0 Å². The zero-order chi connectivity index (χ0) is 34.1. The van der Waals surface area contributed by atoms with E-state index in [9.17, 15) is 19.2 Å². The van der Waals surface area contributed by atoms with Gasteiger partial charge in [-0.05, 0) is 54.8 Å². The molecule has 1 N–H and O–H groups in total. The molecular formula is C39H54O8. The summed E-state index contributed by atoms with van der Waals surface area (Å²) in [5.74, 6) is -3.88. The van der Waals surface area contributed by atoms with Gasteiger partial charge in [0.25, 0.3) is 0 Å². The van der Waals surface area contributed by atoms with E-state index in [-0.39, 0.29) is 30.1 Å². The van der Waals surface area contributed by atoms with Crippen LogP contribution in [0.25, 0.3) is 6.08 Å². The molecule has 0 atom stereocenters. The van der Waals surface area contributed by atoms with E-state index in [1.54, 1.807) is 30.3 Å². The fourth-order valence-corrected chi connectivity index (χ4v) is 5.02. The molecule has 2 rings (SSSR count). The molecule has 0 saturated heterocycles. The number of hydrogen-bond donors (Lipinski definition) is 1. The van der Waals surface area contributed by atoms with E-state index in [1.807, 2.05) is 0 Å². The summed E-state index contributed by atoms with van der Waals surface area (Å²) in [6.45, 7) is 4.93. The Bertz CT molecular complexity index is 1180. The van der Waals surface area contributed by atoms with Gasteiger partial charge in [-0.15, -0.1) is 0 Å². The normalized spacial score (nSPS) is 11.1. The summed E-state index contributed by atoms with van der Waals surface area (Å²) in [7, 11) is 0. The van der Waals surface area contributed by atoms with Crippen molar-refractivity contribution in [2.75, 3.05) is 13.2 Å². The third-order valence-corrected chi connectivity index (χ3v) is 7.93. The summed E-state index contributed by atoms with van der Waals surface area (Å²) in [4.78, 5) is 49.5. The molecule has 0 radical (unpaired) electrons. The van der Waals surface area contributed by atoms with Crippen LogP contribution in [0.4, 0.5) is 0 Å². The van der Waals surface area contributed by atoms with Gasteiger partial charge < -0.3 is 19.3 Å². The fraction of sp³-hybridized carbons (Fsp3) is 0.538. The van der Waals surface area contributed by atoms with Crippen LogP contribution < -0.4 is 4.74 Å². The van der Waals surface area contributed by atoms with Gasteiger partial charge in [-0.1, -0.05) is 128 Å². The van der Waals surface area contributed by atoms with Crippen LogP contribution in [0.2, 0.25) is 0 Å². The van der Waals surface area contributed by atoms with Crippen LogP contribution in [0.5, 0.6) is 5.75 Å².